The van der Waals surface area contributed by atoms with Crippen LogP contribution >= 0.6 is 0 Å². The highest BCUT2D eigenvalue weighted by molar-refractivity contribution is 4.83. The Morgan fingerprint density at radius 2 is 2.31 bits per heavy atom. The Morgan fingerprint density at radius 3 is 2.77 bits per heavy atom. The Morgan fingerprint density at radius 1 is 1.54 bits per heavy atom. The minimum atomic E-state index is 0.107. The van der Waals surface area contributed by atoms with Gasteiger partial charge in [0, 0.05) is 13.2 Å². The lowest BCUT2D eigenvalue weighted by Gasteiger charge is -2.23. The summed E-state index contributed by atoms with van der Waals surface area (Å²) in [4.78, 5) is 0. The van der Waals surface area contributed by atoms with Crippen molar-refractivity contribution in [1.29, 1.82) is 0 Å². The first-order valence-electron chi connectivity index (χ1n) is 5.13. The molecule has 0 aromatic carbocycles. The van der Waals surface area contributed by atoms with E-state index in [0.29, 0.717) is 12.6 Å². The second kappa shape index (κ2) is 5.58. The zero-order valence-corrected chi connectivity index (χ0v) is 8.62. The van der Waals surface area contributed by atoms with Crippen LogP contribution in [0, 0.1) is 5.92 Å². The van der Waals surface area contributed by atoms with E-state index in [9.17, 15) is 0 Å². The molecule has 1 fully saturated rings. The Labute approximate surface area is 80.5 Å². The molecule has 1 aliphatic rings. The van der Waals surface area contributed by atoms with Crippen molar-refractivity contribution >= 4 is 0 Å². The smallest absolute Gasteiger partial charge is 0.0638 e. The summed E-state index contributed by atoms with van der Waals surface area (Å²) in [6.45, 7) is 3.03. The molecule has 3 nitrogen and oxygen atoms in total. The van der Waals surface area contributed by atoms with Crippen LogP contribution in [0.5, 0.6) is 0 Å². The van der Waals surface area contributed by atoms with Crippen LogP contribution < -0.4 is 5.32 Å². The number of hydrogen-bond donors (Lipinski definition) is 2. The van der Waals surface area contributed by atoms with Crippen LogP contribution in [-0.4, -0.2) is 37.5 Å². The van der Waals surface area contributed by atoms with Gasteiger partial charge in [0.1, 0.15) is 0 Å². The molecule has 1 saturated carbocycles. The van der Waals surface area contributed by atoms with Crippen molar-refractivity contribution in [3.63, 3.8) is 0 Å². The summed E-state index contributed by atoms with van der Waals surface area (Å²) < 4.78 is 5.02. The lowest BCUT2D eigenvalue weighted by molar-refractivity contribution is 0.119. The standard InChI is InChI=1S/C10H21NO2/c1-8-4-3-5-10(8)11-9(6-12)7-13-2/h8-12H,3-7H2,1-2H3. The molecule has 0 saturated heterocycles. The highest BCUT2D eigenvalue weighted by atomic mass is 16.5. The van der Waals surface area contributed by atoms with Gasteiger partial charge in [0.15, 0.2) is 0 Å². The highest BCUT2D eigenvalue weighted by Gasteiger charge is 2.25. The van der Waals surface area contributed by atoms with E-state index in [0.717, 1.165) is 5.92 Å². The monoisotopic (exact) mass is 187 g/mol. The van der Waals surface area contributed by atoms with E-state index in [1.54, 1.807) is 7.11 Å². The molecule has 1 rings (SSSR count). The topological polar surface area (TPSA) is 41.5 Å². The lowest BCUT2D eigenvalue weighted by Crippen LogP contribution is -2.44. The van der Waals surface area contributed by atoms with Gasteiger partial charge in [-0.25, -0.2) is 0 Å². The van der Waals surface area contributed by atoms with Crippen LogP contribution in [0.4, 0.5) is 0 Å². The number of aliphatic hydroxyl groups is 1. The van der Waals surface area contributed by atoms with Crippen LogP contribution in [0.1, 0.15) is 26.2 Å². The van der Waals surface area contributed by atoms with Crippen molar-refractivity contribution in [1.82, 2.24) is 5.32 Å². The maximum atomic E-state index is 9.06. The minimum Gasteiger partial charge on any atom is -0.395 e. The van der Waals surface area contributed by atoms with E-state index in [-0.39, 0.29) is 12.6 Å². The molecule has 0 radical (unpaired) electrons. The summed E-state index contributed by atoms with van der Waals surface area (Å²) in [5.74, 6) is 0.742. The van der Waals surface area contributed by atoms with Gasteiger partial charge in [-0.05, 0) is 18.8 Å². The normalized spacial score (nSPS) is 30.7. The SMILES string of the molecule is COCC(CO)NC1CCCC1C. The molecule has 1 aliphatic carbocycles. The van der Waals surface area contributed by atoms with Crippen LogP contribution in [-0.2, 0) is 4.74 Å². The minimum absolute atomic E-state index is 0.107. The third-order valence-electron chi connectivity index (χ3n) is 2.90. The van der Waals surface area contributed by atoms with E-state index in [1.165, 1.54) is 19.3 Å². The summed E-state index contributed by atoms with van der Waals surface area (Å²) in [6, 6.07) is 0.683. The van der Waals surface area contributed by atoms with Gasteiger partial charge in [-0.2, -0.15) is 0 Å². The Kier molecular flexibility index (Phi) is 4.70. The average Bonchev–Trinajstić information content (AvgIpc) is 2.51. The van der Waals surface area contributed by atoms with Gasteiger partial charge in [0.25, 0.3) is 0 Å². The average molecular weight is 187 g/mol. The predicted molar refractivity (Wildman–Crippen MR) is 52.7 cm³/mol. The quantitative estimate of drug-likeness (QED) is 0.668. The van der Waals surface area contributed by atoms with Gasteiger partial charge in [-0.1, -0.05) is 13.3 Å². The first-order valence-corrected chi connectivity index (χ1v) is 5.13. The van der Waals surface area contributed by atoms with Crippen LogP contribution in [0.25, 0.3) is 0 Å². The number of rotatable bonds is 5. The van der Waals surface area contributed by atoms with Crippen molar-refractivity contribution in [2.24, 2.45) is 5.92 Å². The molecule has 0 spiro atoms. The van der Waals surface area contributed by atoms with E-state index in [2.05, 4.69) is 12.2 Å². The first kappa shape index (κ1) is 11.0. The molecule has 0 amide bonds. The molecule has 0 bridgehead atoms. The molecule has 0 aromatic rings. The van der Waals surface area contributed by atoms with Crippen LogP contribution in [0.3, 0.4) is 0 Å². The van der Waals surface area contributed by atoms with E-state index >= 15 is 0 Å². The Balaban J connectivity index is 2.27. The number of nitrogens with one attached hydrogen (secondary N) is 1. The molecule has 3 atom stereocenters. The largest absolute Gasteiger partial charge is 0.395 e. The third-order valence-corrected chi connectivity index (χ3v) is 2.90. The summed E-state index contributed by atoms with van der Waals surface area (Å²) in [5, 5.41) is 12.5. The van der Waals surface area contributed by atoms with Gasteiger partial charge in [-0.15, -0.1) is 0 Å². The summed E-state index contributed by atoms with van der Waals surface area (Å²) in [5.41, 5.74) is 0. The fourth-order valence-corrected chi connectivity index (χ4v) is 2.05. The van der Waals surface area contributed by atoms with Gasteiger partial charge < -0.3 is 15.2 Å². The maximum absolute atomic E-state index is 9.06. The van der Waals surface area contributed by atoms with Crippen molar-refractivity contribution < 1.29 is 9.84 Å². The van der Waals surface area contributed by atoms with Gasteiger partial charge in [0.2, 0.25) is 0 Å². The number of aliphatic hydroxyl groups excluding tert-OH is 1. The molecule has 3 heteroatoms. The zero-order valence-electron chi connectivity index (χ0n) is 8.62. The number of hydrogen-bond acceptors (Lipinski definition) is 3. The van der Waals surface area contributed by atoms with E-state index < -0.39 is 0 Å². The van der Waals surface area contributed by atoms with Crippen molar-refractivity contribution in [2.45, 2.75) is 38.3 Å². The molecular weight excluding hydrogens is 166 g/mol. The van der Waals surface area contributed by atoms with Gasteiger partial charge in [0.05, 0.1) is 19.3 Å². The molecule has 3 unspecified atom stereocenters. The van der Waals surface area contributed by atoms with Crippen LogP contribution in [0.15, 0.2) is 0 Å². The van der Waals surface area contributed by atoms with E-state index in [4.69, 9.17) is 9.84 Å². The van der Waals surface area contributed by atoms with Crippen molar-refractivity contribution in [3.8, 4) is 0 Å². The summed E-state index contributed by atoms with van der Waals surface area (Å²) in [7, 11) is 1.67. The Hall–Kier alpha value is -0.120. The number of methoxy groups -OCH3 is 1. The molecule has 0 aliphatic heterocycles. The second-order valence-corrected chi connectivity index (χ2v) is 4.02. The second-order valence-electron chi connectivity index (χ2n) is 4.02. The maximum Gasteiger partial charge on any atom is 0.0638 e. The zero-order chi connectivity index (χ0) is 9.68. The third kappa shape index (κ3) is 3.25. The summed E-state index contributed by atoms with van der Waals surface area (Å²) in [6.07, 6.45) is 3.86. The van der Waals surface area contributed by atoms with E-state index in [1.807, 2.05) is 0 Å². The molecule has 0 aromatic heterocycles. The van der Waals surface area contributed by atoms with Crippen LogP contribution in [0.2, 0.25) is 0 Å². The number of ether oxygens (including phenoxy) is 1. The molecule has 0 heterocycles. The lowest BCUT2D eigenvalue weighted by atomic mass is 10.1. The van der Waals surface area contributed by atoms with Crippen molar-refractivity contribution in [3.05, 3.63) is 0 Å². The highest BCUT2D eigenvalue weighted by Crippen LogP contribution is 2.24. The molecule has 13 heavy (non-hydrogen) atoms. The molecular formula is C10H21NO2. The fourth-order valence-electron chi connectivity index (χ4n) is 2.05. The predicted octanol–water partition coefficient (Wildman–Crippen LogP) is 0.772. The van der Waals surface area contributed by atoms with Crippen molar-refractivity contribution in [2.75, 3.05) is 20.3 Å². The molecule has 78 valence electrons. The Bertz CT molecular complexity index is 141. The van der Waals surface area contributed by atoms with Gasteiger partial charge >= 0.3 is 0 Å². The van der Waals surface area contributed by atoms with Gasteiger partial charge in [-0.3, -0.25) is 0 Å². The first-order chi connectivity index (χ1) is 6.27. The summed E-state index contributed by atoms with van der Waals surface area (Å²) >= 11 is 0. The molecule has 2 N–H and O–H groups in total. The fraction of sp³-hybridized carbons (Fsp3) is 1.00.